The largest absolute Gasteiger partial charge is 0.312 e. The predicted octanol–water partition coefficient (Wildman–Crippen LogP) is 3.62. The van der Waals surface area contributed by atoms with Crippen LogP contribution in [0.2, 0.25) is 0 Å². The SMILES string of the molecule is CC(C)CCCN1C(=O)Cc2cc(I)ccc21. The van der Waals surface area contributed by atoms with Crippen LogP contribution < -0.4 is 4.90 Å². The fourth-order valence-electron chi connectivity index (χ4n) is 2.25. The lowest BCUT2D eigenvalue weighted by Crippen LogP contribution is -2.27. The minimum Gasteiger partial charge on any atom is -0.312 e. The molecule has 0 unspecified atom stereocenters. The Hall–Kier alpha value is -0.580. The summed E-state index contributed by atoms with van der Waals surface area (Å²) in [6, 6.07) is 6.28. The third kappa shape index (κ3) is 3.00. The molecule has 0 bridgehead atoms. The summed E-state index contributed by atoms with van der Waals surface area (Å²) in [6.07, 6.45) is 2.85. The molecule has 0 aromatic heterocycles. The predicted molar refractivity (Wildman–Crippen MR) is 79.3 cm³/mol. The Labute approximate surface area is 117 Å². The molecule has 0 saturated heterocycles. The molecule has 1 aliphatic rings. The molecule has 1 heterocycles. The van der Waals surface area contributed by atoms with Crippen molar-refractivity contribution in [3.05, 3.63) is 27.3 Å². The Balaban J connectivity index is 2.07. The first kappa shape index (κ1) is 12.9. The molecule has 1 aliphatic heterocycles. The molecule has 0 fully saturated rings. The fourth-order valence-corrected chi connectivity index (χ4v) is 2.81. The van der Waals surface area contributed by atoms with Crippen LogP contribution in [0.1, 0.15) is 32.3 Å². The average Bonchev–Trinajstić information content (AvgIpc) is 2.54. The van der Waals surface area contributed by atoms with Gasteiger partial charge in [0, 0.05) is 15.8 Å². The standard InChI is InChI=1S/C14H18INO/c1-10(2)4-3-7-16-13-6-5-12(15)8-11(13)9-14(16)17/h5-6,8,10H,3-4,7,9H2,1-2H3. The highest BCUT2D eigenvalue weighted by Gasteiger charge is 2.26. The highest BCUT2D eigenvalue weighted by molar-refractivity contribution is 14.1. The van der Waals surface area contributed by atoms with Crippen LogP contribution in [0.15, 0.2) is 18.2 Å². The molecular formula is C14H18INO. The van der Waals surface area contributed by atoms with Gasteiger partial charge >= 0.3 is 0 Å². The van der Waals surface area contributed by atoms with E-state index in [4.69, 9.17) is 0 Å². The number of carbonyl (C=O) groups excluding carboxylic acids is 1. The highest BCUT2D eigenvalue weighted by atomic mass is 127. The van der Waals surface area contributed by atoms with Crippen LogP contribution >= 0.6 is 22.6 Å². The van der Waals surface area contributed by atoms with Crippen molar-refractivity contribution in [3.63, 3.8) is 0 Å². The van der Waals surface area contributed by atoms with Gasteiger partial charge < -0.3 is 4.90 Å². The second-order valence-electron chi connectivity index (χ2n) is 5.03. The first-order valence-electron chi connectivity index (χ1n) is 6.16. The summed E-state index contributed by atoms with van der Waals surface area (Å²) in [5.41, 5.74) is 2.31. The third-order valence-corrected chi connectivity index (χ3v) is 3.81. The maximum absolute atomic E-state index is 11.9. The van der Waals surface area contributed by atoms with Crippen molar-refractivity contribution >= 4 is 34.2 Å². The summed E-state index contributed by atoms with van der Waals surface area (Å²) < 4.78 is 1.21. The molecule has 92 valence electrons. The van der Waals surface area contributed by atoms with Crippen molar-refractivity contribution in [1.82, 2.24) is 0 Å². The highest BCUT2D eigenvalue weighted by Crippen LogP contribution is 2.30. The summed E-state index contributed by atoms with van der Waals surface area (Å²) >= 11 is 2.29. The van der Waals surface area contributed by atoms with Crippen molar-refractivity contribution in [2.24, 2.45) is 5.92 Å². The van der Waals surface area contributed by atoms with Gasteiger partial charge in [-0.25, -0.2) is 0 Å². The van der Waals surface area contributed by atoms with E-state index in [1.165, 1.54) is 15.6 Å². The molecule has 0 atom stereocenters. The number of amides is 1. The number of halogens is 1. The molecule has 2 nitrogen and oxygen atoms in total. The zero-order chi connectivity index (χ0) is 12.4. The van der Waals surface area contributed by atoms with Crippen LogP contribution in [0.3, 0.4) is 0 Å². The Morgan fingerprint density at radius 3 is 2.88 bits per heavy atom. The Bertz CT molecular complexity index is 428. The van der Waals surface area contributed by atoms with Gasteiger partial charge in [-0.2, -0.15) is 0 Å². The van der Waals surface area contributed by atoms with Gasteiger partial charge in [0.1, 0.15) is 0 Å². The van der Waals surface area contributed by atoms with Crippen molar-refractivity contribution in [2.75, 3.05) is 11.4 Å². The normalized spacial score (nSPS) is 14.6. The lowest BCUT2D eigenvalue weighted by atomic mass is 10.1. The Morgan fingerprint density at radius 2 is 2.18 bits per heavy atom. The van der Waals surface area contributed by atoms with Crippen LogP contribution in [-0.2, 0) is 11.2 Å². The van der Waals surface area contributed by atoms with Crippen molar-refractivity contribution in [1.29, 1.82) is 0 Å². The van der Waals surface area contributed by atoms with E-state index >= 15 is 0 Å². The van der Waals surface area contributed by atoms with E-state index in [0.717, 1.165) is 18.7 Å². The summed E-state index contributed by atoms with van der Waals surface area (Å²) in [6.45, 7) is 5.31. The Morgan fingerprint density at radius 1 is 1.41 bits per heavy atom. The molecule has 3 heteroatoms. The fraction of sp³-hybridized carbons (Fsp3) is 0.500. The summed E-state index contributed by atoms with van der Waals surface area (Å²) in [4.78, 5) is 13.9. The summed E-state index contributed by atoms with van der Waals surface area (Å²) in [5.74, 6) is 0.967. The second kappa shape index (κ2) is 5.38. The molecule has 0 aliphatic carbocycles. The molecular weight excluding hydrogens is 325 g/mol. The van der Waals surface area contributed by atoms with Crippen LogP contribution in [-0.4, -0.2) is 12.5 Å². The summed E-state index contributed by atoms with van der Waals surface area (Å²) in [7, 11) is 0. The molecule has 0 radical (unpaired) electrons. The first-order valence-corrected chi connectivity index (χ1v) is 7.24. The zero-order valence-electron chi connectivity index (χ0n) is 10.4. The molecule has 0 spiro atoms. The lowest BCUT2D eigenvalue weighted by Gasteiger charge is -2.18. The average molecular weight is 343 g/mol. The van der Waals surface area contributed by atoms with Gasteiger partial charge in [-0.1, -0.05) is 13.8 Å². The smallest absolute Gasteiger partial charge is 0.231 e. The number of hydrogen-bond donors (Lipinski definition) is 0. The van der Waals surface area contributed by atoms with Gasteiger partial charge in [0.2, 0.25) is 5.91 Å². The van der Waals surface area contributed by atoms with E-state index in [2.05, 4.69) is 54.6 Å². The van der Waals surface area contributed by atoms with Gasteiger partial charge in [0.15, 0.2) is 0 Å². The molecule has 17 heavy (non-hydrogen) atoms. The van der Waals surface area contributed by atoms with Crippen molar-refractivity contribution in [3.8, 4) is 0 Å². The summed E-state index contributed by atoms with van der Waals surface area (Å²) in [5, 5.41) is 0. The quantitative estimate of drug-likeness (QED) is 0.765. The molecule has 0 N–H and O–H groups in total. The topological polar surface area (TPSA) is 20.3 Å². The second-order valence-corrected chi connectivity index (χ2v) is 6.28. The first-order chi connectivity index (χ1) is 8.08. The molecule has 1 aromatic carbocycles. The van der Waals surface area contributed by atoms with E-state index < -0.39 is 0 Å². The number of anilines is 1. The van der Waals surface area contributed by atoms with Crippen LogP contribution in [0.5, 0.6) is 0 Å². The van der Waals surface area contributed by atoms with E-state index in [0.29, 0.717) is 12.3 Å². The van der Waals surface area contributed by atoms with Gasteiger partial charge in [-0.3, -0.25) is 4.79 Å². The van der Waals surface area contributed by atoms with Crippen LogP contribution in [0.25, 0.3) is 0 Å². The van der Waals surface area contributed by atoms with Gasteiger partial charge in [0.05, 0.1) is 6.42 Å². The van der Waals surface area contributed by atoms with Crippen LogP contribution in [0.4, 0.5) is 5.69 Å². The molecule has 2 rings (SSSR count). The maximum Gasteiger partial charge on any atom is 0.231 e. The number of carbonyl (C=O) groups is 1. The van der Waals surface area contributed by atoms with Gasteiger partial charge in [-0.15, -0.1) is 0 Å². The minimum absolute atomic E-state index is 0.255. The van der Waals surface area contributed by atoms with Crippen molar-refractivity contribution in [2.45, 2.75) is 33.1 Å². The maximum atomic E-state index is 11.9. The number of nitrogens with zero attached hydrogens (tertiary/aromatic N) is 1. The molecule has 1 aromatic rings. The number of hydrogen-bond acceptors (Lipinski definition) is 1. The van der Waals surface area contributed by atoms with Gasteiger partial charge in [-0.05, 0) is 65.1 Å². The van der Waals surface area contributed by atoms with Crippen LogP contribution in [0, 0.1) is 9.49 Å². The third-order valence-electron chi connectivity index (χ3n) is 3.14. The Kier molecular flexibility index (Phi) is 4.07. The van der Waals surface area contributed by atoms with Gasteiger partial charge in [0.25, 0.3) is 0 Å². The number of rotatable bonds is 4. The van der Waals surface area contributed by atoms with E-state index in [-0.39, 0.29) is 5.91 Å². The number of benzene rings is 1. The molecule has 1 amide bonds. The minimum atomic E-state index is 0.255. The van der Waals surface area contributed by atoms with Crippen molar-refractivity contribution < 1.29 is 4.79 Å². The van der Waals surface area contributed by atoms with E-state index in [1.807, 2.05) is 4.90 Å². The number of fused-ring (bicyclic) bond motifs is 1. The van der Waals surface area contributed by atoms with E-state index in [9.17, 15) is 4.79 Å². The molecule has 0 saturated carbocycles. The van der Waals surface area contributed by atoms with E-state index in [1.54, 1.807) is 0 Å². The monoisotopic (exact) mass is 343 g/mol. The zero-order valence-corrected chi connectivity index (χ0v) is 12.5. The lowest BCUT2D eigenvalue weighted by molar-refractivity contribution is -0.117.